The SMILES string of the molecule is CCOC1CCCN(C(C)C(=O)OC(C)(C)C)C1. The van der Waals surface area contributed by atoms with E-state index in [2.05, 4.69) is 4.90 Å². The van der Waals surface area contributed by atoms with Crippen LogP contribution in [0.4, 0.5) is 0 Å². The Labute approximate surface area is 111 Å². The zero-order valence-corrected chi connectivity index (χ0v) is 12.4. The van der Waals surface area contributed by atoms with Crippen LogP contribution in [0.15, 0.2) is 0 Å². The minimum absolute atomic E-state index is 0.139. The van der Waals surface area contributed by atoms with Crippen LogP contribution in [0.1, 0.15) is 47.5 Å². The van der Waals surface area contributed by atoms with Crippen molar-refractivity contribution < 1.29 is 14.3 Å². The van der Waals surface area contributed by atoms with Gasteiger partial charge in [0.2, 0.25) is 0 Å². The molecule has 2 atom stereocenters. The lowest BCUT2D eigenvalue weighted by Crippen LogP contribution is -2.49. The molecule has 0 bridgehead atoms. The van der Waals surface area contributed by atoms with E-state index in [0.717, 1.165) is 32.5 Å². The summed E-state index contributed by atoms with van der Waals surface area (Å²) < 4.78 is 11.1. The van der Waals surface area contributed by atoms with E-state index in [-0.39, 0.29) is 18.1 Å². The average Bonchev–Trinajstić information content (AvgIpc) is 2.26. The van der Waals surface area contributed by atoms with E-state index >= 15 is 0 Å². The number of piperidine rings is 1. The first-order valence-corrected chi connectivity index (χ1v) is 6.92. The first-order valence-electron chi connectivity index (χ1n) is 6.92. The van der Waals surface area contributed by atoms with Crippen LogP contribution in [-0.2, 0) is 14.3 Å². The molecule has 0 aromatic rings. The predicted octanol–water partition coefficient (Wildman–Crippen LogP) is 2.22. The summed E-state index contributed by atoms with van der Waals surface area (Å²) in [6, 6.07) is -0.188. The highest BCUT2D eigenvalue weighted by molar-refractivity contribution is 5.75. The van der Waals surface area contributed by atoms with E-state index in [1.54, 1.807) is 0 Å². The second-order valence-electron chi connectivity index (χ2n) is 5.92. The number of ether oxygens (including phenoxy) is 2. The number of rotatable bonds is 4. The first kappa shape index (κ1) is 15.4. The maximum Gasteiger partial charge on any atom is 0.323 e. The Morgan fingerprint density at radius 1 is 1.44 bits per heavy atom. The van der Waals surface area contributed by atoms with Crippen LogP contribution in [0.3, 0.4) is 0 Å². The molecule has 4 nitrogen and oxygen atoms in total. The van der Waals surface area contributed by atoms with Gasteiger partial charge in [-0.25, -0.2) is 0 Å². The summed E-state index contributed by atoms with van der Waals surface area (Å²) in [5, 5.41) is 0. The molecule has 0 N–H and O–H groups in total. The Morgan fingerprint density at radius 3 is 2.67 bits per heavy atom. The number of esters is 1. The van der Waals surface area contributed by atoms with E-state index in [0.29, 0.717) is 0 Å². The zero-order chi connectivity index (χ0) is 13.8. The van der Waals surface area contributed by atoms with E-state index in [4.69, 9.17) is 9.47 Å². The molecular formula is C14H27NO3. The van der Waals surface area contributed by atoms with Gasteiger partial charge in [-0.15, -0.1) is 0 Å². The van der Waals surface area contributed by atoms with Gasteiger partial charge in [0.25, 0.3) is 0 Å². The average molecular weight is 257 g/mol. The number of hydrogen-bond donors (Lipinski definition) is 0. The molecule has 1 aliphatic heterocycles. The Balaban J connectivity index is 2.50. The fourth-order valence-electron chi connectivity index (χ4n) is 2.23. The Hall–Kier alpha value is -0.610. The zero-order valence-electron chi connectivity index (χ0n) is 12.4. The normalized spacial score (nSPS) is 23.7. The van der Waals surface area contributed by atoms with Crippen LogP contribution in [0.25, 0.3) is 0 Å². The summed E-state index contributed by atoms with van der Waals surface area (Å²) in [6.45, 7) is 12.1. The van der Waals surface area contributed by atoms with E-state index in [1.165, 1.54) is 0 Å². The van der Waals surface area contributed by atoms with Crippen LogP contribution < -0.4 is 0 Å². The molecule has 106 valence electrons. The first-order chi connectivity index (χ1) is 8.33. The molecule has 0 saturated carbocycles. The second kappa shape index (κ2) is 6.53. The van der Waals surface area contributed by atoms with Gasteiger partial charge in [0.15, 0.2) is 0 Å². The van der Waals surface area contributed by atoms with Crippen LogP contribution in [0.2, 0.25) is 0 Å². The number of hydrogen-bond acceptors (Lipinski definition) is 4. The van der Waals surface area contributed by atoms with Gasteiger partial charge in [0.05, 0.1) is 6.10 Å². The van der Waals surface area contributed by atoms with Crippen molar-refractivity contribution in [1.29, 1.82) is 0 Å². The summed E-state index contributed by atoms with van der Waals surface area (Å²) in [5.74, 6) is -0.139. The topological polar surface area (TPSA) is 38.8 Å². The molecule has 0 amide bonds. The quantitative estimate of drug-likeness (QED) is 0.724. The fourth-order valence-corrected chi connectivity index (χ4v) is 2.23. The standard InChI is InChI=1S/C14H27NO3/c1-6-17-12-8-7-9-15(10-12)11(2)13(16)18-14(3,4)5/h11-12H,6-10H2,1-5H3. The van der Waals surface area contributed by atoms with Gasteiger partial charge in [-0.3, -0.25) is 9.69 Å². The van der Waals surface area contributed by atoms with Crippen molar-refractivity contribution in [3.63, 3.8) is 0 Å². The molecule has 0 radical (unpaired) electrons. The van der Waals surface area contributed by atoms with Crippen LogP contribution >= 0.6 is 0 Å². The van der Waals surface area contributed by atoms with Crippen LogP contribution in [-0.4, -0.2) is 48.3 Å². The Kier molecular flexibility index (Phi) is 5.60. The lowest BCUT2D eigenvalue weighted by Gasteiger charge is -2.36. The number of likely N-dealkylation sites (tertiary alicyclic amines) is 1. The van der Waals surface area contributed by atoms with Gasteiger partial charge in [-0.05, 0) is 54.0 Å². The molecule has 18 heavy (non-hydrogen) atoms. The smallest absolute Gasteiger partial charge is 0.323 e. The highest BCUT2D eigenvalue weighted by Gasteiger charge is 2.30. The largest absolute Gasteiger partial charge is 0.459 e. The fraction of sp³-hybridized carbons (Fsp3) is 0.929. The van der Waals surface area contributed by atoms with E-state index in [1.807, 2.05) is 34.6 Å². The third-order valence-electron chi connectivity index (χ3n) is 3.11. The van der Waals surface area contributed by atoms with Gasteiger partial charge < -0.3 is 9.47 Å². The van der Waals surface area contributed by atoms with Crippen molar-refractivity contribution in [3.8, 4) is 0 Å². The van der Waals surface area contributed by atoms with Gasteiger partial charge in [0, 0.05) is 13.2 Å². The molecule has 2 unspecified atom stereocenters. The summed E-state index contributed by atoms with van der Waals surface area (Å²) in [6.07, 6.45) is 2.43. The molecular weight excluding hydrogens is 230 g/mol. The summed E-state index contributed by atoms with van der Waals surface area (Å²) in [7, 11) is 0. The maximum atomic E-state index is 12.0. The third-order valence-corrected chi connectivity index (χ3v) is 3.11. The van der Waals surface area contributed by atoms with Crippen molar-refractivity contribution >= 4 is 5.97 Å². The number of carbonyl (C=O) groups is 1. The summed E-state index contributed by atoms with van der Waals surface area (Å²) in [5.41, 5.74) is -0.416. The molecule has 1 rings (SSSR count). The van der Waals surface area contributed by atoms with Crippen molar-refractivity contribution in [1.82, 2.24) is 4.90 Å². The van der Waals surface area contributed by atoms with Crippen molar-refractivity contribution in [2.24, 2.45) is 0 Å². The molecule has 4 heteroatoms. The van der Waals surface area contributed by atoms with Crippen molar-refractivity contribution in [2.45, 2.75) is 65.2 Å². The number of carbonyl (C=O) groups excluding carboxylic acids is 1. The lowest BCUT2D eigenvalue weighted by molar-refractivity contribution is -0.162. The molecule has 0 aromatic carbocycles. The monoisotopic (exact) mass is 257 g/mol. The van der Waals surface area contributed by atoms with Gasteiger partial charge in [0.1, 0.15) is 11.6 Å². The molecule has 1 saturated heterocycles. The van der Waals surface area contributed by atoms with E-state index in [9.17, 15) is 4.79 Å². The van der Waals surface area contributed by atoms with Crippen molar-refractivity contribution in [3.05, 3.63) is 0 Å². The second-order valence-corrected chi connectivity index (χ2v) is 5.92. The Morgan fingerprint density at radius 2 is 2.11 bits per heavy atom. The lowest BCUT2D eigenvalue weighted by atomic mass is 10.1. The molecule has 0 aromatic heterocycles. The highest BCUT2D eigenvalue weighted by atomic mass is 16.6. The van der Waals surface area contributed by atoms with Crippen molar-refractivity contribution in [2.75, 3.05) is 19.7 Å². The predicted molar refractivity (Wildman–Crippen MR) is 71.5 cm³/mol. The van der Waals surface area contributed by atoms with Gasteiger partial charge in [-0.1, -0.05) is 0 Å². The summed E-state index contributed by atoms with van der Waals surface area (Å²) >= 11 is 0. The van der Waals surface area contributed by atoms with Crippen LogP contribution in [0.5, 0.6) is 0 Å². The number of nitrogens with zero attached hydrogens (tertiary/aromatic N) is 1. The highest BCUT2D eigenvalue weighted by Crippen LogP contribution is 2.18. The van der Waals surface area contributed by atoms with Crippen LogP contribution in [0, 0.1) is 0 Å². The molecule has 0 spiro atoms. The third kappa shape index (κ3) is 4.94. The Bertz CT molecular complexity index is 271. The van der Waals surface area contributed by atoms with Gasteiger partial charge >= 0.3 is 5.97 Å². The molecule has 1 heterocycles. The van der Waals surface area contributed by atoms with Gasteiger partial charge in [-0.2, -0.15) is 0 Å². The molecule has 1 aliphatic rings. The maximum absolute atomic E-state index is 12.0. The molecule has 0 aliphatic carbocycles. The minimum Gasteiger partial charge on any atom is -0.459 e. The summed E-state index contributed by atoms with van der Waals surface area (Å²) in [4.78, 5) is 14.2. The molecule has 1 fully saturated rings. The minimum atomic E-state index is -0.416. The van der Waals surface area contributed by atoms with E-state index < -0.39 is 5.60 Å².